The second kappa shape index (κ2) is 6.87. The lowest BCUT2D eigenvalue weighted by Crippen LogP contribution is -2.36. The first-order valence-electron chi connectivity index (χ1n) is 8.51. The maximum atomic E-state index is 12.0. The highest BCUT2D eigenvalue weighted by Gasteiger charge is 2.42. The third-order valence-corrected chi connectivity index (χ3v) is 7.20. The standard InChI is InChI=1S/C15H21N5O2S2/c21-11(17-15-20-19-13(24-15)8-5-6-8)4-2-1-3-10-12-9(7-23-10)16-14(22)18-12/h8-10,12H,1-7H2,(H2,16,18,22)(H,17,20,21)/t9-,10+,12+/m0/s1. The molecule has 1 aromatic rings. The normalized spacial score (nSPS) is 28.3. The molecule has 2 saturated heterocycles. The average Bonchev–Trinajstić information content (AvgIpc) is 3.02. The van der Waals surface area contributed by atoms with Gasteiger partial charge in [0.15, 0.2) is 0 Å². The van der Waals surface area contributed by atoms with Gasteiger partial charge in [0.25, 0.3) is 0 Å². The number of aromatic nitrogens is 2. The number of hydrogen-bond acceptors (Lipinski definition) is 6. The Morgan fingerprint density at radius 1 is 1.25 bits per heavy atom. The predicted molar refractivity (Wildman–Crippen MR) is 94.5 cm³/mol. The molecule has 7 nitrogen and oxygen atoms in total. The highest BCUT2D eigenvalue weighted by atomic mass is 32.2. The van der Waals surface area contributed by atoms with E-state index < -0.39 is 0 Å². The Balaban J connectivity index is 1.15. The van der Waals surface area contributed by atoms with E-state index in [0.29, 0.717) is 22.7 Å². The van der Waals surface area contributed by atoms with E-state index in [-0.39, 0.29) is 24.0 Å². The Hall–Kier alpha value is -1.35. The van der Waals surface area contributed by atoms with Crippen molar-refractivity contribution >= 4 is 40.2 Å². The Morgan fingerprint density at radius 2 is 2.12 bits per heavy atom. The first-order valence-corrected chi connectivity index (χ1v) is 10.4. The Morgan fingerprint density at radius 3 is 2.96 bits per heavy atom. The summed E-state index contributed by atoms with van der Waals surface area (Å²) in [6.07, 6.45) is 5.78. The third kappa shape index (κ3) is 3.66. The van der Waals surface area contributed by atoms with Gasteiger partial charge in [-0.3, -0.25) is 4.79 Å². The van der Waals surface area contributed by atoms with Gasteiger partial charge < -0.3 is 16.0 Å². The number of hydrogen-bond donors (Lipinski definition) is 3. The summed E-state index contributed by atoms with van der Waals surface area (Å²) in [6, 6.07) is 0.477. The first kappa shape index (κ1) is 16.1. The summed E-state index contributed by atoms with van der Waals surface area (Å²) in [4.78, 5) is 23.3. The molecule has 0 unspecified atom stereocenters. The van der Waals surface area contributed by atoms with Crippen LogP contribution in [-0.2, 0) is 4.79 Å². The molecule has 3 heterocycles. The second-order valence-corrected chi connectivity index (χ2v) is 8.92. The quantitative estimate of drug-likeness (QED) is 0.506. The van der Waals surface area contributed by atoms with Crippen LogP contribution in [0.3, 0.4) is 0 Å². The van der Waals surface area contributed by atoms with Gasteiger partial charge in [-0.15, -0.1) is 10.2 Å². The van der Waals surface area contributed by atoms with Gasteiger partial charge in [-0.05, 0) is 25.7 Å². The molecule has 4 rings (SSSR count). The topological polar surface area (TPSA) is 96.0 Å². The van der Waals surface area contributed by atoms with Gasteiger partial charge in [0.05, 0.1) is 12.1 Å². The predicted octanol–water partition coefficient (Wildman–Crippen LogP) is 2.08. The van der Waals surface area contributed by atoms with Crippen molar-refractivity contribution in [1.82, 2.24) is 20.8 Å². The van der Waals surface area contributed by atoms with Gasteiger partial charge in [0.2, 0.25) is 11.0 Å². The molecule has 1 aliphatic carbocycles. The number of anilines is 1. The maximum absolute atomic E-state index is 12.0. The molecule has 3 atom stereocenters. The molecule has 0 spiro atoms. The number of amides is 3. The SMILES string of the molecule is O=C(CCCC[C@H]1SC[C@@H]2NC(=O)N[C@H]21)Nc1nnc(C2CC2)s1. The smallest absolute Gasteiger partial charge is 0.315 e. The molecule has 3 amide bonds. The number of urea groups is 1. The summed E-state index contributed by atoms with van der Waals surface area (Å²) in [5, 5.41) is 19.1. The van der Waals surface area contributed by atoms with E-state index in [9.17, 15) is 9.59 Å². The number of nitrogens with one attached hydrogen (secondary N) is 3. The molecular formula is C15H21N5O2S2. The molecule has 3 N–H and O–H groups in total. The van der Waals surface area contributed by atoms with Crippen LogP contribution in [0.4, 0.5) is 9.93 Å². The van der Waals surface area contributed by atoms with Crippen molar-refractivity contribution in [3.63, 3.8) is 0 Å². The highest BCUT2D eigenvalue weighted by molar-refractivity contribution is 8.00. The van der Waals surface area contributed by atoms with Crippen LogP contribution in [0.15, 0.2) is 0 Å². The summed E-state index contributed by atoms with van der Waals surface area (Å²) in [5.74, 6) is 1.57. The number of carbonyl (C=O) groups excluding carboxylic acids is 2. The molecule has 0 bridgehead atoms. The number of unbranched alkanes of at least 4 members (excludes halogenated alkanes) is 1. The molecule has 1 aromatic heterocycles. The number of rotatable bonds is 7. The van der Waals surface area contributed by atoms with E-state index >= 15 is 0 Å². The van der Waals surface area contributed by atoms with E-state index in [2.05, 4.69) is 26.1 Å². The Kier molecular flexibility index (Phi) is 4.62. The van der Waals surface area contributed by atoms with Crippen LogP contribution in [0.25, 0.3) is 0 Å². The van der Waals surface area contributed by atoms with E-state index in [1.54, 1.807) is 0 Å². The zero-order valence-corrected chi connectivity index (χ0v) is 14.9. The van der Waals surface area contributed by atoms with E-state index in [1.807, 2.05) is 11.8 Å². The fourth-order valence-corrected chi connectivity index (χ4v) is 5.71. The van der Waals surface area contributed by atoms with Crippen molar-refractivity contribution in [2.45, 2.75) is 61.8 Å². The van der Waals surface area contributed by atoms with E-state index in [1.165, 1.54) is 24.2 Å². The van der Waals surface area contributed by atoms with Crippen molar-refractivity contribution in [1.29, 1.82) is 0 Å². The van der Waals surface area contributed by atoms with Gasteiger partial charge in [-0.1, -0.05) is 17.8 Å². The summed E-state index contributed by atoms with van der Waals surface area (Å²) in [7, 11) is 0. The average molecular weight is 368 g/mol. The lowest BCUT2D eigenvalue weighted by molar-refractivity contribution is -0.116. The Labute approximate surface area is 148 Å². The van der Waals surface area contributed by atoms with E-state index in [0.717, 1.165) is 30.0 Å². The van der Waals surface area contributed by atoms with Crippen molar-refractivity contribution in [2.75, 3.05) is 11.1 Å². The maximum Gasteiger partial charge on any atom is 0.315 e. The van der Waals surface area contributed by atoms with Gasteiger partial charge in [0.1, 0.15) is 5.01 Å². The first-order chi connectivity index (χ1) is 11.7. The molecule has 24 heavy (non-hydrogen) atoms. The molecule has 0 aromatic carbocycles. The summed E-state index contributed by atoms with van der Waals surface area (Å²) in [5.41, 5.74) is 0. The second-order valence-electron chi connectivity index (χ2n) is 6.64. The molecule has 2 aliphatic heterocycles. The largest absolute Gasteiger partial charge is 0.332 e. The fraction of sp³-hybridized carbons (Fsp3) is 0.733. The monoisotopic (exact) mass is 367 g/mol. The molecular weight excluding hydrogens is 346 g/mol. The minimum absolute atomic E-state index is 0.0151. The van der Waals surface area contributed by atoms with Crippen LogP contribution in [-0.4, -0.2) is 45.2 Å². The van der Waals surface area contributed by atoms with Crippen molar-refractivity contribution in [3.05, 3.63) is 5.01 Å². The highest BCUT2D eigenvalue weighted by Crippen LogP contribution is 2.42. The van der Waals surface area contributed by atoms with Crippen molar-refractivity contribution in [3.8, 4) is 0 Å². The zero-order chi connectivity index (χ0) is 16.5. The van der Waals surface area contributed by atoms with Crippen LogP contribution < -0.4 is 16.0 Å². The molecule has 0 radical (unpaired) electrons. The van der Waals surface area contributed by atoms with Crippen LogP contribution in [0.5, 0.6) is 0 Å². The Bertz CT molecular complexity index is 633. The van der Waals surface area contributed by atoms with Crippen LogP contribution in [0.2, 0.25) is 0 Å². The third-order valence-electron chi connectivity index (χ3n) is 4.69. The van der Waals surface area contributed by atoms with Gasteiger partial charge in [0, 0.05) is 23.3 Å². The van der Waals surface area contributed by atoms with Gasteiger partial charge >= 0.3 is 6.03 Å². The van der Waals surface area contributed by atoms with Gasteiger partial charge in [-0.25, -0.2) is 4.79 Å². The number of carbonyl (C=O) groups is 2. The zero-order valence-electron chi connectivity index (χ0n) is 13.3. The van der Waals surface area contributed by atoms with E-state index in [4.69, 9.17) is 0 Å². The number of nitrogens with zero attached hydrogens (tertiary/aromatic N) is 2. The molecule has 3 aliphatic rings. The number of thioether (sulfide) groups is 1. The molecule has 1 saturated carbocycles. The minimum atomic E-state index is -0.0442. The summed E-state index contributed by atoms with van der Waals surface area (Å²) in [6.45, 7) is 0. The van der Waals surface area contributed by atoms with Crippen molar-refractivity contribution < 1.29 is 9.59 Å². The molecule has 130 valence electrons. The molecule has 9 heteroatoms. The van der Waals surface area contributed by atoms with Crippen LogP contribution >= 0.6 is 23.1 Å². The van der Waals surface area contributed by atoms with Crippen LogP contribution in [0.1, 0.15) is 49.5 Å². The summed E-state index contributed by atoms with van der Waals surface area (Å²) < 4.78 is 0. The minimum Gasteiger partial charge on any atom is -0.332 e. The lowest BCUT2D eigenvalue weighted by Gasteiger charge is -2.16. The fourth-order valence-electron chi connectivity index (χ4n) is 3.24. The summed E-state index contributed by atoms with van der Waals surface area (Å²) >= 11 is 3.41. The lowest BCUT2D eigenvalue weighted by atomic mass is 10.0. The van der Waals surface area contributed by atoms with Crippen molar-refractivity contribution in [2.24, 2.45) is 0 Å². The van der Waals surface area contributed by atoms with Gasteiger partial charge in [-0.2, -0.15) is 11.8 Å². The molecule has 3 fully saturated rings. The van der Waals surface area contributed by atoms with Crippen LogP contribution in [0, 0.1) is 0 Å². The number of fused-ring (bicyclic) bond motifs is 1.